The molecule has 3 rings (SSSR count). The molecule has 0 radical (unpaired) electrons. The van der Waals surface area contributed by atoms with Crippen LogP contribution in [0.25, 0.3) is 0 Å². The quantitative estimate of drug-likeness (QED) is 0.798. The summed E-state index contributed by atoms with van der Waals surface area (Å²) in [6, 6.07) is 18.3. The van der Waals surface area contributed by atoms with Crippen LogP contribution in [0, 0.1) is 0 Å². The molecule has 5 nitrogen and oxygen atoms in total. The van der Waals surface area contributed by atoms with Crippen molar-refractivity contribution in [3.63, 3.8) is 0 Å². The molecular formula is C23H30N2O3. The number of methoxy groups -OCH3 is 1. The van der Waals surface area contributed by atoms with Crippen LogP contribution in [0.2, 0.25) is 0 Å². The van der Waals surface area contributed by atoms with E-state index in [9.17, 15) is 4.79 Å². The Labute approximate surface area is 167 Å². The summed E-state index contributed by atoms with van der Waals surface area (Å²) in [7, 11) is 1.68. The van der Waals surface area contributed by atoms with Gasteiger partial charge in [0.2, 0.25) is 5.91 Å². The van der Waals surface area contributed by atoms with E-state index in [0.717, 1.165) is 16.7 Å². The number of carbonyl (C=O) groups is 1. The van der Waals surface area contributed by atoms with Crippen LogP contribution in [0.1, 0.15) is 36.6 Å². The highest BCUT2D eigenvalue weighted by Gasteiger charge is 2.36. The summed E-state index contributed by atoms with van der Waals surface area (Å²) >= 11 is 0. The molecule has 0 bridgehead atoms. The molecule has 0 saturated carbocycles. The van der Waals surface area contributed by atoms with E-state index in [-0.39, 0.29) is 17.6 Å². The highest BCUT2D eigenvalue weighted by Crippen LogP contribution is 2.29. The van der Waals surface area contributed by atoms with Gasteiger partial charge in [-0.25, -0.2) is 0 Å². The van der Waals surface area contributed by atoms with Crippen molar-refractivity contribution in [2.45, 2.75) is 38.6 Å². The molecule has 28 heavy (non-hydrogen) atoms. The average molecular weight is 383 g/mol. The van der Waals surface area contributed by atoms with Crippen LogP contribution in [0.15, 0.2) is 54.6 Å². The zero-order chi connectivity index (χ0) is 20.0. The summed E-state index contributed by atoms with van der Waals surface area (Å²) in [4.78, 5) is 14.8. The van der Waals surface area contributed by atoms with Crippen LogP contribution in [-0.2, 0) is 27.4 Å². The van der Waals surface area contributed by atoms with E-state index in [2.05, 4.69) is 42.3 Å². The molecule has 1 N–H and O–H groups in total. The summed E-state index contributed by atoms with van der Waals surface area (Å²) in [5.41, 5.74) is 3.15. The second-order valence-electron chi connectivity index (χ2n) is 7.93. The highest BCUT2D eigenvalue weighted by atomic mass is 16.5. The predicted molar refractivity (Wildman–Crippen MR) is 110 cm³/mol. The molecule has 0 spiro atoms. The zero-order valence-corrected chi connectivity index (χ0v) is 17.0. The Bertz CT molecular complexity index is 776. The minimum Gasteiger partial charge on any atom is -0.380 e. The van der Waals surface area contributed by atoms with E-state index in [0.29, 0.717) is 32.8 Å². The molecule has 2 aromatic rings. The topological polar surface area (TPSA) is 50.8 Å². The molecule has 0 aromatic heterocycles. The Kier molecular flexibility index (Phi) is 6.83. The van der Waals surface area contributed by atoms with Gasteiger partial charge in [-0.1, -0.05) is 54.6 Å². The van der Waals surface area contributed by atoms with E-state index >= 15 is 0 Å². The first kappa shape index (κ1) is 20.5. The maximum atomic E-state index is 12.6. The van der Waals surface area contributed by atoms with Crippen LogP contribution in [0.3, 0.4) is 0 Å². The zero-order valence-electron chi connectivity index (χ0n) is 17.0. The van der Waals surface area contributed by atoms with Gasteiger partial charge in [-0.3, -0.25) is 9.69 Å². The van der Waals surface area contributed by atoms with Gasteiger partial charge in [-0.2, -0.15) is 0 Å². The summed E-state index contributed by atoms with van der Waals surface area (Å²) in [6.45, 7) is 6.99. The fourth-order valence-corrected chi connectivity index (χ4v) is 3.47. The molecule has 2 aromatic carbocycles. The molecule has 1 atom stereocenters. The number of ether oxygens (including phenoxy) is 2. The first-order valence-electron chi connectivity index (χ1n) is 9.73. The number of nitrogens with zero attached hydrogens (tertiary/aromatic N) is 1. The highest BCUT2D eigenvalue weighted by molar-refractivity contribution is 5.78. The monoisotopic (exact) mass is 382 g/mol. The van der Waals surface area contributed by atoms with Gasteiger partial charge in [0, 0.05) is 25.7 Å². The molecule has 1 aliphatic rings. The fourth-order valence-electron chi connectivity index (χ4n) is 3.47. The first-order chi connectivity index (χ1) is 13.5. The third kappa shape index (κ3) is 5.41. The summed E-state index contributed by atoms with van der Waals surface area (Å²) in [6.07, 6.45) is -0.00671. The van der Waals surface area contributed by atoms with Gasteiger partial charge in [0.25, 0.3) is 0 Å². The molecule has 5 heteroatoms. The SMILES string of the molecule is COCc1cccc(CNC(=O)CN2CC(c3ccccc3)OCC2(C)C)c1. The summed E-state index contributed by atoms with van der Waals surface area (Å²) in [5.74, 6) is 0.0268. The smallest absolute Gasteiger partial charge is 0.234 e. The van der Waals surface area contributed by atoms with Crippen molar-refractivity contribution in [3.05, 3.63) is 71.3 Å². The lowest BCUT2D eigenvalue weighted by Crippen LogP contribution is -2.56. The van der Waals surface area contributed by atoms with Crippen molar-refractivity contribution in [2.75, 3.05) is 26.8 Å². The minimum absolute atomic E-state index is 0.00671. The second kappa shape index (κ2) is 9.32. The van der Waals surface area contributed by atoms with E-state index in [1.807, 2.05) is 36.4 Å². The Balaban J connectivity index is 1.57. The maximum absolute atomic E-state index is 12.6. The normalized spacial score (nSPS) is 19.3. The Hall–Kier alpha value is -2.21. The number of amides is 1. The van der Waals surface area contributed by atoms with Crippen molar-refractivity contribution in [3.8, 4) is 0 Å². The average Bonchev–Trinajstić information content (AvgIpc) is 2.69. The third-order valence-corrected chi connectivity index (χ3v) is 5.18. The first-order valence-corrected chi connectivity index (χ1v) is 9.73. The molecule has 1 heterocycles. The molecule has 1 unspecified atom stereocenters. The van der Waals surface area contributed by atoms with E-state index in [4.69, 9.17) is 9.47 Å². The predicted octanol–water partition coefficient (Wildman–Crippen LogP) is 3.30. The number of nitrogens with one attached hydrogen (secondary N) is 1. The minimum atomic E-state index is -0.180. The Morgan fingerprint density at radius 3 is 2.68 bits per heavy atom. The van der Waals surface area contributed by atoms with Crippen LogP contribution < -0.4 is 5.32 Å². The standard InChI is InChI=1S/C23H30N2O3/c1-23(2)17-28-21(20-10-5-4-6-11-20)14-25(23)15-22(26)24-13-18-8-7-9-19(12-18)16-27-3/h4-12,21H,13-17H2,1-3H3,(H,24,26). The van der Waals surface area contributed by atoms with Gasteiger partial charge in [-0.15, -0.1) is 0 Å². The number of rotatable bonds is 7. The van der Waals surface area contributed by atoms with Gasteiger partial charge in [0.1, 0.15) is 0 Å². The van der Waals surface area contributed by atoms with Gasteiger partial charge >= 0.3 is 0 Å². The molecule has 1 fully saturated rings. The largest absolute Gasteiger partial charge is 0.380 e. The van der Waals surface area contributed by atoms with Crippen molar-refractivity contribution in [2.24, 2.45) is 0 Å². The molecule has 1 aliphatic heterocycles. The van der Waals surface area contributed by atoms with Gasteiger partial charge < -0.3 is 14.8 Å². The number of benzene rings is 2. The maximum Gasteiger partial charge on any atom is 0.234 e. The van der Waals surface area contributed by atoms with Gasteiger partial charge in [0.15, 0.2) is 0 Å². The molecule has 1 saturated heterocycles. The summed E-state index contributed by atoms with van der Waals surface area (Å²) in [5, 5.41) is 3.05. The van der Waals surface area contributed by atoms with Crippen molar-refractivity contribution < 1.29 is 14.3 Å². The number of hydrogen-bond donors (Lipinski definition) is 1. The lowest BCUT2D eigenvalue weighted by atomic mass is 9.98. The van der Waals surface area contributed by atoms with E-state index in [1.165, 1.54) is 0 Å². The van der Waals surface area contributed by atoms with Crippen LogP contribution >= 0.6 is 0 Å². The number of hydrogen-bond acceptors (Lipinski definition) is 4. The van der Waals surface area contributed by atoms with E-state index in [1.54, 1.807) is 7.11 Å². The van der Waals surface area contributed by atoms with Crippen molar-refractivity contribution in [1.29, 1.82) is 0 Å². The Morgan fingerprint density at radius 2 is 1.93 bits per heavy atom. The van der Waals surface area contributed by atoms with Crippen LogP contribution in [-0.4, -0.2) is 43.2 Å². The van der Waals surface area contributed by atoms with Crippen molar-refractivity contribution in [1.82, 2.24) is 10.2 Å². The van der Waals surface area contributed by atoms with Gasteiger partial charge in [-0.05, 0) is 30.5 Å². The Morgan fingerprint density at radius 1 is 1.18 bits per heavy atom. The van der Waals surface area contributed by atoms with Crippen molar-refractivity contribution >= 4 is 5.91 Å². The molecule has 0 aliphatic carbocycles. The van der Waals surface area contributed by atoms with Crippen LogP contribution in [0.5, 0.6) is 0 Å². The van der Waals surface area contributed by atoms with E-state index < -0.39 is 0 Å². The fraction of sp³-hybridized carbons (Fsp3) is 0.435. The van der Waals surface area contributed by atoms with Gasteiger partial charge in [0.05, 0.1) is 25.9 Å². The lowest BCUT2D eigenvalue weighted by molar-refractivity contribution is -0.133. The molecular weight excluding hydrogens is 352 g/mol. The molecule has 1 amide bonds. The second-order valence-corrected chi connectivity index (χ2v) is 7.93. The number of morpholine rings is 1. The lowest BCUT2D eigenvalue weighted by Gasteiger charge is -2.45. The van der Waals surface area contributed by atoms with Crippen LogP contribution in [0.4, 0.5) is 0 Å². The molecule has 150 valence electrons. The summed E-state index contributed by atoms with van der Waals surface area (Å²) < 4.78 is 11.2. The number of carbonyl (C=O) groups excluding carboxylic acids is 1. The third-order valence-electron chi connectivity index (χ3n) is 5.18.